The third-order valence-electron chi connectivity index (χ3n) is 4.87. The molecule has 1 N–H and O–H groups in total. The van der Waals surface area contributed by atoms with E-state index in [-0.39, 0.29) is 0 Å². The van der Waals surface area contributed by atoms with Crippen LogP contribution in [0.25, 0.3) is 0 Å². The van der Waals surface area contributed by atoms with Gasteiger partial charge in [0.25, 0.3) is 0 Å². The molecule has 0 saturated carbocycles. The zero-order chi connectivity index (χ0) is 14.3. The van der Waals surface area contributed by atoms with Crippen LogP contribution in [0.2, 0.25) is 0 Å². The highest BCUT2D eigenvalue weighted by atomic mass is 16.5. The second-order valence-corrected chi connectivity index (χ2v) is 6.28. The molecule has 1 fully saturated rings. The molecule has 3 heteroatoms. The highest BCUT2D eigenvalue weighted by Crippen LogP contribution is 2.25. The molecule has 19 heavy (non-hydrogen) atoms. The first kappa shape index (κ1) is 16.9. The molecular formula is C16H34N2O. The fourth-order valence-electron chi connectivity index (χ4n) is 2.78. The minimum absolute atomic E-state index is 0.291. The van der Waals surface area contributed by atoms with E-state index in [4.69, 9.17) is 4.74 Å². The molecule has 1 aliphatic heterocycles. The van der Waals surface area contributed by atoms with E-state index in [1.54, 1.807) is 0 Å². The van der Waals surface area contributed by atoms with Crippen molar-refractivity contribution in [3.8, 4) is 0 Å². The van der Waals surface area contributed by atoms with Gasteiger partial charge in [0.15, 0.2) is 0 Å². The van der Waals surface area contributed by atoms with Crippen LogP contribution in [-0.4, -0.2) is 49.3 Å². The number of hydrogen-bond acceptors (Lipinski definition) is 3. The zero-order valence-electron chi connectivity index (χ0n) is 13.7. The first-order valence-corrected chi connectivity index (χ1v) is 8.13. The quantitative estimate of drug-likeness (QED) is 0.686. The molecule has 0 bridgehead atoms. The van der Waals surface area contributed by atoms with Gasteiger partial charge in [0, 0.05) is 37.8 Å². The van der Waals surface area contributed by atoms with Gasteiger partial charge in [-0.3, -0.25) is 4.90 Å². The van der Waals surface area contributed by atoms with Crippen molar-refractivity contribution in [3.63, 3.8) is 0 Å². The fraction of sp³-hybridized carbons (Fsp3) is 1.00. The lowest BCUT2D eigenvalue weighted by Crippen LogP contribution is -2.64. The molecule has 1 rings (SSSR count). The second-order valence-electron chi connectivity index (χ2n) is 6.28. The second kappa shape index (κ2) is 8.23. The third-order valence-corrected chi connectivity index (χ3v) is 4.87. The van der Waals surface area contributed by atoms with E-state index < -0.39 is 0 Å². The lowest BCUT2D eigenvalue weighted by Gasteiger charge is -2.49. The summed E-state index contributed by atoms with van der Waals surface area (Å²) in [5, 5.41) is 3.76. The van der Waals surface area contributed by atoms with Crippen LogP contribution in [0.15, 0.2) is 0 Å². The Labute approximate surface area is 120 Å². The molecule has 0 aromatic rings. The summed E-state index contributed by atoms with van der Waals surface area (Å²) in [6, 6.07) is 0.635. The van der Waals surface area contributed by atoms with E-state index in [2.05, 4.69) is 44.8 Å². The molecule has 114 valence electrons. The summed E-state index contributed by atoms with van der Waals surface area (Å²) in [6.45, 7) is 16.6. The average molecular weight is 270 g/mol. The van der Waals surface area contributed by atoms with Crippen molar-refractivity contribution in [2.75, 3.05) is 32.8 Å². The Morgan fingerprint density at radius 3 is 2.63 bits per heavy atom. The van der Waals surface area contributed by atoms with Crippen LogP contribution < -0.4 is 5.32 Å². The van der Waals surface area contributed by atoms with Gasteiger partial charge in [-0.05, 0) is 25.7 Å². The Bertz CT molecular complexity index is 247. The van der Waals surface area contributed by atoms with Crippen molar-refractivity contribution >= 4 is 0 Å². The summed E-state index contributed by atoms with van der Waals surface area (Å²) < 4.78 is 5.68. The first-order chi connectivity index (χ1) is 9.07. The maximum Gasteiger partial charge on any atom is 0.0593 e. The van der Waals surface area contributed by atoms with Gasteiger partial charge in [-0.25, -0.2) is 0 Å². The summed E-state index contributed by atoms with van der Waals surface area (Å²) in [6.07, 6.45) is 3.56. The van der Waals surface area contributed by atoms with Crippen molar-refractivity contribution < 1.29 is 4.74 Å². The minimum Gasteiger partial charge on any atom is -0.380 e. The Morgan fingerprint density at radius 2 is 2.05 bits per heavy atom. The molecular weight excluding hydrogens is 236 g/mol. The number of piperazine rings is 1. The normalized spacial score (nSPS) is 30.5. The predicted octanol–water partition coefficient (Wildman–Crippen LogP) is 2.90. The molecule has 3 atom stereocenters. The Kier molecular flexibility index (Phi) is 7.33. The van der Waals surface area contributed by atoms with Crippen LogP contribution in [0.1, 0.15) is 53.9 Å². The van der Waals surface area contributed by atoms with Crippen molar-refractivity contribution in [1.29, 1.82) is 0 Å². The van der Waals surface area contributed by atoms with E-state index in [0.29, 0.717) is 11.6 Å². The van der Waals surface area contributed by atoms with Gasteiger partial charge in [-0.1, -0.05) is 34.1 Å². The number of nitrogens with one attached hydrogen (secondary N) is 1. The van der Waals surface area contributed by atoms with Crippen LogP contribution in [-0.2, 0) is 4.74 Å². The monoisotopic (exact) mass is 270 g/mol. The molecule has 0 radical (unpaired) electrons. The molecule has 3 unspecified atom stereocenters. The van der Waals surface area contributed by atoms with Crippen molar-refractivity contribution in [1.82, 2.24) is 10.2 Å². The van der Waals surface area contributed by atoms with E-state index >= 15 is 0 Å². The SMILES string of the molecule is CCCOCCN1CC(C(C)CC)NCC1(C)CC. The number of nitrogens with zero attached hydrogens (tertiary/aromatic N) is 1. The lowest BCUT2D eigenvalue weighted by atomic mass is 9.88. The minimum atomic E-state index is 0.291. The van der Waals surface area contributed by atoms with Crippen LogP contribution in [0, 0.1) is 5.92 Å². The maximum atomic E-state index is 5.68. The van der Waals surface area contributed by atoms with Crippen molar-refractivity contribution in [3.05, 3.63) is 0 Å². The Morgan fingerprint density at radius 1 is 1.32 bits per heavy atom. The van der Waals surface area contributed by atoms with E-state index in [1.165, 1.54) is 12.8 Å². The van der Waals surface area contributed by atoms with Gasteiger partial charge in [0.05, 0.1) is 6.61 Å². The third kappa shape index (κ3) is 4.73. The summed E-state index contributed by atoms with van der Waals surface area (Å²) in [4.78, 5) is 2.65. The number of rotatable bonds is 8. The highest BCUT2D eigenvalue weighted by Gasteiger charge is 2.37. The maximum absolute atomic E-state index is 5.68. The number of hydrogen-bond donors (Lipinski definition) is 1. The predicted molar refractivity (Wildman–Crippen MR) is 82.6 cm³/mol. The van der Waals surface area contributed by atoms with Crippen LogP contribution in [0.5, 0.6) is 0 Å². The first-order valence-electron chi connectivity index (χ1n) is 8.13. The van der Waals surface area contributed by atoms with E-state index in [1.807, 2.05) is 0 Å². The van der Waals surface area contributed by atoms with E-state index in [9.17, 15) is 0 Å². The van der Waals surface area contributed by atoms with Gasteiger partial charge >= 0.3 is 0 Å². The molecule has 0 aromatic carbocycles. The van der Waals surface area contributed by atoms with Gasteiger partial charge in [-0.15, -0.1) is 0 Å². The molecule has 0 aliphatic carbocycles. The van der Waals surface area contributed by atoms with E-state index in [0.717, 1.165) is 45.2 Å². The van der Waals surface area contributed by atoms with Crippen molar-refractivity contribution in [2.24, 2.45) is 5.92 Å². The molecule has 0 aromatic heterocycles. The molecule has 1 aliphatic rings. The standard InChI is InChI=1S/C16H34N2O/c1-6-10-19-11-9-18-12-15(14(4)7-2)17-13-16(18,5)8-3/h14-15,17H,6-13H2,1-5H3. The molecule has 0 amide bonds. The molecule has 0 spiro atoms. The van der Waals surface area contributed by atoms with Crippen LogP contribution in [0.4, 0.5) is 0 Å². The van der Waals surface area contributed by atoms with Crippen molar-refractivity contribution in [2.45, 2.75) is 65.5 Å². The zero-order valence-corrected chi connectivity index (χ0v) is 13.7. The number of ether oxygens (including phenoxy) is 1. The smallest absolute Gasteiger partial charge is 0.0593 e. The molecule has 1 heterocycles. The fourth-order valence-corrected chi connectivity index (χ4v) is 2.78. The Balaban J connectivity index is 2.53. The highest BCUT2D eigenvalue weighted by molar-refractivity contribution is 4.96. The Hall–Kier alpha value is -0.120. The van der Waals surface area contributed by atoms with Gasteiger partial charge in [0.1, 0.15) is 0 Å². The summed E-state index contributed by atoms with van der Waals surface area (Å²) in [5.41, 5.74) is 0.291. The molecule has 1 saturated heterocycles. The van der Waals surface area contributed by atoms with Crippen LogP contribution in [0.3, 0.4) is 0 Å². The average Bonchev–Trinajstić information content (AvgIpc) is 2.44. The van der Waals surface area contributed by atoms with Gasteiger partial charge in [-0.2, -0.15) is 0 Å². The molecule has 3 nitrogen and oxygen atoms in total. The largest absolute Gasteiger partial charge is 0.380 e. The van der Waals surface area contributed by atoms with Gasteiger partial charge < -0.3 is 10.1 Å². The van der Waals surface area contributed by atoms with Crippen LogP contribution >= 0.6 is 0 Å². The topological polar surface area (TPSA) is 24.5 Å². The summed E-state index contributed by atoms with van der Waals surface area (Å²) >= 11 is 0. The van der Waals surface area contributed by atoms with Gasteiger partial charge in [0.2, 0.25) is 0 Å². The summed E-state index contributed by atoms with van der Waals surface area (Å²) in [7, 11) is 0. The lowest BCUT2D eigenvalue weighted by molar-refractivity contribution is 0.00883. The summed E-state index contributed by atoms with van der Waals surface area (Å²) in [5.74, 6) is 0.750.